The van der Waals surface area contributed by atoms with Crippen molar-refractivity contribution in [1.29, 1.82) is 0 Å². The second-order valence-corrected chi connectivity index (χ2v) is 7.23. The second kappa shape index (κ2) is 9.95. The topological polar surface area (TPSA) is 105 Å². The highest BCUT2D eigenvalue weighted by atomic mass is 35.5. The first-order chi connectivity index (χ1) is 10.9. The molecule has 1 aliphatic rings. The van der Waals surface area contributed by atoms with E-state index in [1.54, 1.807) is 12.1 Å². The molecular weight excluding hydrogens is 352 g/mol. The van der Waals surface area contributed by atoms with Gasteiger partial charge in [0, 0.05) is 19.6 Å². The minimum Gasteiger partial charge on any atom is -0.355 e. The number of nitrogens with zero attached hydrogens (tertiary/aromatic N) is 1. The number of benzene rings is 1. The SMILES string of the molecule is Cl.NS(=O)(=O)c1ccc(CCNC(=O)CN2CCCNCC2)cc1. The van der Waals surface area contributed by atoms with Gasteiger partial charge in [-0.1, -0.05) is 12.1 Å². The zero-order chi connectivity index (χ0) is 16.7. The van der Waals surface area contributed by atoms with Crippen LogP contribution in [0.4, 0.5) is 0 Å². The molecule has 1 saturated heterocycles. The summed E-state index contributed by atoms with van der Waals surface area (Å²) in [5.74, 6) is 0.0213. The summed E-state index contributed by atoms with van der Waals surface area (Å²) in [6, 6.07) is 6.40. The van der Waals surface area contributed by atoms with Gasteiger partial charge in [0.2, 0.25) is 15.9 Å². The Kier molecular flexibility index (Phi) is 8.65. The van der Waals surface area contributed by atoms with E-state index in [1.165, 1.54) is 12.1 Å². The van der Waals surface area contributed by atoms with E-state index in [2.05, 4.69) is 15.5 Å². The Morgan fingerprint density at radius 3 is 2.58 bits per heavy atom. The largest absolute Gasteiger partial charge is 0.355 e. The highest BCUT2D eigenvalue weighted by molar-refractivity contribution is 7.89. The van der Waals surface area contributed by atoms with Gasteiger partial charge in [-0.2, -0.15) is 0 Å². The van der Waals surface area contributed by atoms with Gasteiger partial charge >= 0.3 is 0 Å². The lowest BCUT2D eigenvalue weighted by molar-refractivity contribution is -0.122. The normalized spacial score (nSPS) is 16.0. The molecule has 1 heterocycles. The zero-order valence-corrected chi connectivity index (χ0v) is 15.2. The van der Waals surface area contributed by atoms with Crippen LogP contribution in [0.3, 0.4) is 0 Å². The van der Waals surface area contributed by atoms with Crippen LogP contribution in [0.1, 0.15) is 12.0 Å². The van der Waals surface area contributed by atoms with Crippen LogP contribution in [0.5, 0.6) is 0 Å². The Balaban J connectivity index is 0.00000288. The van der Waals surface area contributed by atoms with Gasteiger partial charge in [0.15, 0.2) is 0 Å². The molecule has 0 spiro atoms. The summed E-state index contributed by atoms with van der Waals surface area (Å²) in [4.78, 5) is 14.2. The van der Waals surface area contributed by atoms with Gasteiger partial charge in [0.25, 0.3) is 0 Å². The molecule has 0 radical (unpaired) electrons. The minimum atomic E-state index is -3.65. The van der Waals surface area contributed by atoms with Crippen molar-refractivity contribution >= 4 is 28.3 Å². The van der Waals surface area contributed by atoms with E-state index >= 15 is 0 Å². The van der Waals surface area contributed by atoms with E-state index in [1.807, 2.05) is 0 Å². The van der Waals surface area contributed by atoms with Crippen molar-refractivity contribution in [2.75, 3.05) is 39.3 Å². The molecule has 136 valence electrons. The molecule has 0 bridgehead atoms. The highest BCUT2D eigenvalue weighted by Gasteiger charge is 2.12. The number of primary sulfonamides is 1. The maximum Gasteiger partial charge on any atom is 0.238 e. The third-order valence-electron chi connectivity index (χ3n) is 3.79. The molecule has 1 amide bonds. The Bertz CT molecular complexity index is 614. The summed E-state index contributed by atoms with van der Waals surface area (Å²) in [6.07, 6.45) is 1.71. The van der Waals surface area contributed by atoms with E-state index in [0.29, 0.717) is 19.5 Å². The smallest absolute Gasteiger partial charge is 0.238 e. The van der Waals surface area contributed by atoms with Crippen LogP contribution in [-0.2, 0) is 21.2 Å². The molecule has 1 aliphatic heterocycles. The molecule has 1 aromatic rings. The van der Waals surface area contributed by atoms with Crippen LogP contribution >= 0.6 is 12.4 Å². The Morgan fingerprint density at radius 2 is 1.92 bits per heavy atom. The molecule has 4 N–H and O–H groups in total. The lowest BCUT2D eigenvalue weighted by Crippen LogP contribution is -2.39. The summed E-state index contributed by atoms with van der Waals surface area (Å²) in [7, 11) is -3.65. The summed E-state index contributed by atoms with van der Waals surface area (Å²) in [5, 5.41) is 11.3. The molecule has 7 nitrogen and oxygen atoms in total. The monoisotopic (exact) mass is 376 g/mol. The molecular formula is C15H25ClN4O3S. The second-order valence-electron chi connectivity index (χ2n) is 5.67. The van der Waals surface area contributed by atoms with Crippen molar-refractivity contribution in [3.63, 3.8) is 0 Å². The van der Waals surface area contributed by atoms with Crippen molar-refractivity contribution in [2.24, 2.45) is 5.14 Å². The van der Waals surface area contributed by atoms with Gasteiger partial charge in [-0.05, 0) is 43.6 Å². The molecule has 24 heavy (non-hydrogen) atoms. The van der Waals surface area contributed by atoms with Crippen molar-refractivity contribution in [2.45, 2.75) is 17.7 Å². The van der Waals surface area contributed by atoms with Crippen molar-refractivity contribution in [3.8, 4) is 0 Å². The predicted octanol–water partition coefficient (Wildman–Crippen LogP) is -0.290. The lowest BCUT2D eigenvalue weighted by atomic mass is 10.1. The molecule has 1 fully saturated rings. The summed E-state index contributed by atoms with van der Waals surface area (Å²) < 4.78 is 22.3. The molecule has 0 aliphatic carbocycles. The van der Waals surface area contributed by atoms with Crippen molar-refractivity contribution in [1.82, 2.24) is 15.5 Å². The van der Waals surface area contributed by atoms with Crippen LogP contribution in [0.25, 0.3) is 0 Å². The first kappa shape index (κ1) is 20.9. The number of carbonyl (C=O) groups excluding carboxylic acids is 1. The predicted molar refractivity (Wildman–Crippen MR) is 95.7 cm³/mol. The summed E-state index contributed by atoms with van der Waals surface area (Å²) in [6.45, 7) is 4.71. The van der Waals surface area contributed by atoms with Gasteiger partial charge in [-0.25, -0.2) is 13.6 Å². The molecule has 0 atom stereocenters. The molecule has 2 rings (SSSR count). The number of sulfonamides is 1. The third kappa shape index (κ3) is 7.14. The van der Waals surface area contributed by atoms with Crippen LogP contribution in [0.15, 0.2) is 29.2 Å². The number of halogens is 1. The van der Waals surface area contributed by atoms with Crippen LogP contribution in [-0.4, -0.2) is 58.5 Å². The van der Waals surface area contributed by atoms with E-state index < -0.39 is 10.0 Å². The number of amides is 1. The van der Waals surface area contributed by atoms with E-state index in [9.17, 15) is 13.2 Å². The first-order valence-corrected chi connectivity index (χ1v) is 9.31. The Morgan fingerprint density at radius 1 is 1.21 bits per heavy atom. The number of rotatable bonds is 6. The van der Waals surface area contributed by atoms with Gasteiger partial charge < -0.3 is 10.6 Å². The standard InChI is InChI=1S/C15H24N4O3S.ClH/c16-23(21,22)14-4-2-13(3-5-14)6-8-18-15(20)12-19-10-1-7-17-9-11-19;/h2-5,17H,1,6-12H2,(H,18,20)(H2,16,21,22);1H. The fourth-order valence-electron chi connectivity index (χ4n) is 2.51. The quantitative estimate of drug-likeness (QED) is 0.632. The number of nitrogens with two attached hydrogens (primary N) is 1. The van der Waals surface area contributed by atoms with E-state index in [0.717, 1.165) is 38.2 Å². The fourth-order valence-corrected chi connectivity index (χ4v) is 3.03. The Hall–Kier alpha value is -1.19. The number of nitrogens with one attached hydrogen (secondary N) is 2. The van der Waals surface area contributed by atoms with Gasteiger partial charge in [-0.15, -0.1) is 12.4 Å². The van der Waals surface area contributed by atoms with Gasteiger partial charge in [0.05, 0.1) is 11.4 Å². The summed E-state index contributed by atoms with van der Waals surface area (Å²) >= 11 is 0. The first-order valence-electron chi connectivity index (χ1n) is 7.77. The van der Waals surface area contributed by atoms with Gasteiger partial charge in [0.1, 0.15) is 0 Å². The van der Waals surface area contributed by atoms with Crippen LogP contribution in [0.2, 0.25) is 0 Å². The van der Waals surface area contributed by atoms with Gasteiger partial charge in [-0.3, -0.25) is 9.69 Å². The van der Waals surface area contributed by atoms with Crippen molar-refractivity contribution in [3.05, 3.63) is 29.8 Å². The molecule has 9 heteroatoms. The molecule has 0 aromatic heterocycles. The number of carbonyl (C=O) groups is 1. The lowest BCUT2D eigenvalue weighted by Gasteiger charge is -2.18. The maximum absolute atomic E-state index is 11.9. The summed E-state index contributed by atoms with van der Waals surface area (Å²) in [5.41, 5.74) is 0.955. The number of hydrogen-bond acceptors (Lipinski definition) is 5. The van der Waals surface area contributed by atoms with Crippen molar-refractivity contribution < 1.29 is 13.2 Å². The van der Waals surface area contributed by atoms with Crippen LogP contribution in [0, 0.1) is 0 Å². The highest BCUT2D eigenvalue weighted by Crippen LogP contribution is 2.08. The Labute approximate surface area is 149 Å². The van der Waals surface area contributed by atoms with E-state index in [-0.39, 0.29) is 23.2 Å². The number of hydrogen-bond donors (Lipinski definition) is 3. The minimum absolute atomic E-state index is 0. The molecule has 0 unspecified atom stereocenters. The fraction of sp³-hybridized carbons (Fsp3) is 0.533. The van der Waals surface area contributed by atoms with Crippen LogP contribution < -0.4 is 15.8 Å². The zero-order valence-electron chi connectivity index (χ0n) is 13.5. The molecule has 0 saturated carbocycles. The maximum atomic E-state index is 11.9. The average molecular weight is 377 g/mol. The van der Waals surface area contributed by atoms with E-state index in [4.69, 9.17) is 5.14 Å². The molecule has 1 aromatic carbocycles. The third-order valence-corrected chi connectivity index (χ3v) is 4.72. The average Bonchev–Trinajstić information content (AvgIpc) is 2.75.